The highest BCUT2D eigenvalue weighted by molar-refractivity contribution is 6.30. The van der Waals surface area contributed by atoms with Gasteiger partial charge in [-0.2, -0.15) is 0 Å². The van der Waals surface area contributed by atoms with E-state index in [2.05, 4.69) is 4.74 Å². The number of ether oxygens (including phenoxy) is 1. The van der Waals surface area contributed by atoms with Crippen molar-refractivity contribution in [3.8, 4) is 5.75 Å². The molecule has 0 heterocycles. The summed E-state index contributed by atoms with van der Waals surface area (Å²) in [7, 11) is 0. The summed E-state index contributed by atoms with van der Waals surface area (Å²) in [5.41, 5.74) is 7.06. The van der Waals surface area contributed by atoms with E-state index in [4.69, 9.17) is 17.3 Å². The fourth-order valence-corrected chi connectivity index (χ4v) is 1.96. The summed E-state index contributed by atoms with van der Waals surface area (Å²) in [5, 5.41) is -0.0695. The van der Waals surface area contributed by atoms with Gasteiger partial charge < -0.3 is 10.5 Å². The Morgan fingerprint density at radius 2 is 1.55 bits per heavy atom. The SMILES string of the molecule is Cl.N[C@@H](c1ccc(OC(F)(F)F)cc1)c1ccc(F)c(Cl)c1. The van der Waals surface area contributed by atoms with Gasteiger partial charge in [-0.25, -0.2) is 4.39 Å². The van der Waals surface area contributed by atoms with Crippen LogP contribution < -0.4 is 10.5 Å². The Hall–Kier alpha value is -1.50. The zero-order chi connectivity index (χ0) is 15.6. The topological polar surface area (TPSA) is 35.2 Å². The monoisotopic (exact) mass is 355 g/mol. The van der Waals surface area contributed by atoms with Crippen LogP contribution in [0.2, 0.25) is 5.02 Å². The average Bonchev–Trinajstić information content (AvgIpc) is 2.40. The molecule has 0 aliphatic carbocycles. The molecule has 2 aromatic rings. The first kappa shape index (κ1) is 18.5. The molecule has 0 bridgehead atoms. The van der Waals surface area contributed by atoms with Crippen molar-refractivity contribution in [3.63, 3.8) is 0 Å². The quantitative estimate of drug-likeness (QED) is 0.799. The molecule has 2 rings (SSSR count). The number of hydrogen-bond donors (Lipinski definition) is 1. The van der Waals surface area contributed by atoms with Crippen LogP contribution in [0, 0.1) is 5.82 Å². The first-order chi connectivity index (χ1) is 9.76. The lowest BCUT2D eigenvalue weighted by atomic mass is 9.99. The maximum atomic E-state index is 13.1. The first-order valence-corrected chi connectivity index (χ1v) is 6.20. The molecule has 0 aromatic heterocycles. The third-order valence-electron chi connectivity index (χ3n) is 2.78. The van der Waals surface area contributed by atoms with Gasteiger partial charge in [0.1, 0.15) is 11.6 Å². The van der Waals surface area contributed by atoms with Crippen molar-refractivity contribution in [3.05, 3.63) is 64.4 Å². The second-order valence-electron chi connectivity index (χ2n) is 4.27. The van der Waals surface area contributed by atoms with Gasteiger partial charge in [-0.05, 0) is 35.4 Å². The molecular formula is C14H11Cl2F4NO. The molecular weight excluding hydrogens is 345 g/mol. The summed E-state index contributed by atoms with van der Waals surface area (Å²) >= 11 is 5.67. The van der Waals surface area contributed by atoms with Crippen LogP contribution in [0.5, 0.6) is 5.75 Å². The van der Waals surface area contributed by atoms with Crippen molar-refractivity contribution < 1.29 is 22.3 Å². The van der Waals surface area contributed by atoms with Crippen molar-refractivity contribution in [2.24, 2.45) is 5.73 Å². The summed E-state index contributed by atoms with van der Waals surface area (Å²) < 4.78 is 53.0. The zero-order valence-electron chi connectivity index (χ0n) is 10.9. The van der Waals surface area contributed by atoms with Crippen LogP contribution in [0.3, 0.4) is 0 Å². The Balaban J connectivity index is 0.00000242. The van der Waals surface area contributed by atoms with Crippen molar-refractivity contribution in [1.82, 2.24) is 0 Å². The third-order valence-corrected chi connectivity index (χ3v) is 3.07. The van der Waals surface area contributed by atoms with E-state index >= 15 is 0 Å². The predicted molar refractivity (Wildman–Crippen MR) is 77.8 cm³/mol. The fraction of sp³-hybridized carbons (Fsp3) is 0.143. The van der Waals surface area contributed by atoms with E-state index in [1.165, 1.54) is 30.3 Å². The number of benzene rings is 2. The van der Waals surface area contributed by atoms with Crippen LogP contribution in [0.4, 0.5) is 17.6 Å². The highest BCUT2D eigenvalue weighted by Gasteiger charge is 2.31. The smallest absolute Gasteiger partial charge is 0.406 e. The van der Waals surface area contributed by atoms with Gasteiger partial charge in [0.25, 0.3) is 0 Å². The Morgan fingerprint density at radius 1 is 1.00 bits per heavy atom. The summed E-state index contributed by atoms with van der Waals surface area (Å²) in [6.07, 6.45) is -4.74. The Kier molecular flexibility index (Phi) is 6.05. The van der Waals surface area contributed by atoms with Crippen LogP contribution in [0.15, 0.2) is 42.5 Å². The molecule has 1 atom stereocenters. The molecule has 0 saturated heterocycles. The van der Waals surface area contributed by atoms with Crippen molar-refractivity contribution in [1.29, 1.82) is 0 Å². The van der Waals surface area contributed by atoms with E-state index in [0.29, 0.717) is 11.1 Å². The number of nitrogens with two attached hydrogens (primary N) is 1. The van der Waals surface area contributed by atoms with Crippen molar-refractivity contribution in [2.75, 3.05) is 0 Å². The summed E-state index contributed by atoms with van der Waals surface area (Å²) in [6.45, 7) is 0. The molecule has 0 fully saturated rings. The highest BCUT2D eigenvalue weighted by Crippen LogP contribution is 2.27. The maximum Gasteiger partial charge on any atom is 0.573 e. The lowest BCUT2D eigenvalue weighted by Crippen LogP contribution is -2.17. The lowest BCUT2D eigenvalue weighted by Gasteiger charge is -2.14. The molecule has 0 saturated carbocycles. The minimum absolute atomic E-state index is 0. The molecule has 0 aliphatic rings. The zero-order valence-corrected chi connectivity index (χ0v) is 12.5. The minimum Gasteiger partial charge on any atom is -0.406 e. The highest BCUT2D eigenvalue weighted by atomic mass is 35.5. The van der Waals surface area contributed by atoms with Gasteiger partial charge in [0.2, 0.25) is 0 Å². The minimum atomic E-state index is -4.74. The van der Waals surface area contributed by atoms with Gasteiger partial charge >= 0.3 is 6.36 Å². The van der Waals surface area contributed by atoms with Crippen LogP contribution in [0.1, 0.15) is 17.2 Å². The summed E-state index contributed by atoms with van der Waals surface area (Å²) in [6, 6.07) is 8.52. The van der Waals surface area contributed by atoms with E-state index in [1.54, 1.807) is 0 Å². The molecule has 0 spiro atoms. The van der Waals surface area contributed by atoms with Crippen molar-refractivity contribution in [2.45, 2.75) is 12.4 Å². The standard InChI is InChI=1S/C14H10ClF4NO.ClH/c15-11-7-9(3-6-12(11)16)13(20)8-1-4-10(5-2-8)21-14(17,18)19;/h1-7,13H,20H2;1H/t13-;/m0./s1. The Morgan fingerprint density at radius 3 is 2.05 bits per heavy atom. The molecule has 2 aromatic carbocycles. The van der Waals surface area contributed by atoms with Crippen LogP contribution in [-0.4, -0.2) is 6.36 Å². The van der Waals surface area contributed by atoms with Gasteiger partial charge in [-0.15, -0.1) is 25.6 Å². The normalized spacial score (nSPS) is 12.5. The van der Waals surface area contributed by atoms with Gasteiger partial charge in [0.05, 0.1) is 11.1 Å². The van der Waals surface area contributed by atoms with Crippen LogP contribution >= 0.6 is 24.0 Å². The number of hydrogen-bond acceptors (Lipinski definition) is 2. The van der Waals surface area contributed by atoms with E-state index in [9.17, 15) is 17.6 Å². The third kappa shape index (κ3) is 4.76. The maximum absolute atomic E-state index is 13.1. The predicted octanol–water partition coefficient (Wildman–Crippen LogP) is 4.85. The first-order valence-electron chi connectivity index (χ1n) is 5.82. The number of halogens is 6. The fourth-order valence-electron chi connectivity index (χ4n) is 1.78. The van der Waals surface area contributed by atoms with Gasteiger partial charge in [-0.3, -0.25) is 0 Å². The number of rotatable bonds is 3. The second-order valence-corrected chi connectivity index (χ2v) is 4.68. The number of alkyl halides is 3. The van der Waals surface area contributed by atoms with E-state index in [-0.39, 0.29) is 23.2 Å². The molecule has 22 heavy (non-hydrogen) atoms. The summed E-state index contributed by atoms with van der Waals surface area (Å²) in [5.74, 6) is -0.905. The van der Waals surface area contributed by atoms with Gasteiger partial charge in [-0.1, -0.05) is 29.8 Å². The summed E-state index contributed by atoms with van der Waals surface area (Å²) in [4.78, 5) is 0. The largest absolute Gasteiger partial charge is 0.573 e. The Bertz CT molecular complexity index is 632. The van der Waals surface area contributed by atoms with E-state index in [1.807, 2.05) is 0 Å². The average molecular weight is 356 g/mol. The van der Waals surface area contributed by atoms with Crippen LogP contribution in [0.25, 0.3) is 0 Å². The van der Waals surface area contributed by atoms with Crippen LogP contribution in [-0.2, 0) is 0 Å². The molecule has 120 valence electrons. The molecule has 2 nitrogen and oxygen atoms in total. The molecule has 0 unspecified atom stereocenters. The van der Waals surface area contributed by atoms with E-state index < -0.39 is 18.2 Å². The molecule has 2 N–H and O–H groups in total. The molecule has 0 amide bonds. The molecule has 8 heteroatoms. The Labute approximate surface area is 135 Å². The second kappa shape index (κ2) is 7.17. The van der Waals surface area contributed by atoms with Gasteiger partial charge in [0.15, 0.2) is 0 Å². The molecule has 0 radical (unpaired) electrons. The lowest BCUT2D eigenvalue weighted by molar-refractivity contribution is -0.274. The van der Waals surface area contributed by atoms with E-state index in [0.717, 1.165) is 12.1 Å². The van der Waals surface area contributed by atoms with Crippen molar-refractivity contribution >= 4 is 24.0 Å². The van der Waals surface area contributed by atoms with Gasteiger partial charge in [0, 0.05) is 0 Å². The molecule has 0 aliphatic heterocycles.